The third-order valence-corrected chi connectivity index (χ3v) is 5.23. The lowest BCUT2D eigenvalue weighted by Gasteiger charge is -2.08. The molecule has 3 nitrogen and oxygen atoms in total. The summed E-state index contributed by atoms with van der Waals surface area (Å²) in [5, 5.41) is 0.251. The van der Waals surface area contributed by atoms with Crippen LogP contribution >= 0.6 is 11.8 Å². The Kier molecular flexibility index (Phi) is 3.57. The van der Waals surface area contributed by atoms with Gasteiger partial charge in [-0.1, -0.05) is 26.0 Å². The Labute approximate surface area is 112 Å². The molecule has 0 spiro atoms. The van der Waals surface area contributed by atoms with E-state index in [-0.39, 0.29) is 22.6 Å². The molecule has 0 radical (unpaired) electrons. The molecule has 2 rings (SSSR count). The highest BCUT2D eigenvalue weighted by Crippen LogP contribution is 2.61. The molecule has 0 amide bonds. The molecule has 2 atom stereocenters. The maximum Gasteiger partial charge on any atom is 0.310 e. The van der Waals surface area contributed by atoms with E-state index >= 15 is 0 Å². The lowest BCUT2D eigenvalue weighted by Crippen LogP contribution is -2.07. The van der Waals surface area contributed by atoms with Crippen LogP contribution in [0.3, 0.4) is 0 Å². The van der Waals surface area contributed by atoms with E-state index in [9.17, 15) is 4.79 Å². The Balaban J connectivity index is 2.13. The molecule has 0 unspecified atom stereocenters. The van der Waals surface area contributed by atoms with Crippen molar-refractivity contribution in [2.24, 2.45) is 11.3 Å². The Morgan fingerprint density at radius 1 is 1.28 bits per heavy atom. The second-order valence-electron chi connectivity index (χ2n) is 5.01. The fourth-order valence-electron chi connectivity index (χ4n) is 2.22. The first-order valence-corrected chi connectivity index (χ1v) is 6.78. The summed E-state index contributed by atoms with van der Waals surface area (Å²) in [6.07, 6.45) is 0. The fourth-order valence-corrected chi connectivity index (χ4v) is 3.89. The number of benzene rings is 1. The first kappa shape index (κ1) is 13.3. The van der Waals surface area contributed by atoms with Gasteiger partial charge in [-0.25, -0.2) is 0 Å². The molecule has 1 fully saturated rings. The summed E-state index contributed by atoms with van der Waals surface area (Å²) < 4.78 is 10.2. The highest BCUT2D eigenvalue weighted by atomic mass is 32.2. The van der Waals surface area contributed by atoms with E-state index in [1.54, 1.807) is 18.9 Å². The highest BCUT2D eigenvalue weighted by molar-refractivity contribution is 8.00. The molecule has 0 heterocycles. The van der Waals surface area contributed by atoms with Crippen LogP contribution in [0.25, 0.3) is 0 Å². The zero-order chi connectivity index (χ0) is 13.3. The summed E-state index contributed by atoms with van der Waals surface area (Å²) in [4.78, 5) is 12.8. The van der Waals surface area contributed by atoms with Crippen molar-refractivity contribution in [2.45, 2.75) is 24.0 Å². The predicted molar refractivity (Wildman–Crippen MR) is 71.9 cm³/mol. The fraction of sp³-hybridized carbons (Fsp3) is 0.500. The van der Waals surface area contributed by atoms with Gasteiger partial charge in [-0.3, -0.25) is 4.79 Å². The predicted octanol–water partition coefficient (Wildman–Crippen LogP) is 2.98. The molecule has 1 aromatic rings. The average Bonchev–Trinajstić information content (AvgIpc) is 2.90. The van der Waals surface area contributed by atoms with Gasteiger partial charge in [-0.05, 0) is 17.5 Å². The first-order valence-electron chi connectivity index (χ1n) is 5.90. The minimum atomic E-state index is -0.118. The normalized spacial score (nSPS) is 24.4. The zero-order valence-electron chi connectivity index (χ0n) is 11.1. The number of rotatable bonds is 4. The molecule has 1 aliphatic rings. The van der Waals surface area contributed by atoms with Crippen LogP contribution in [0.4, 0.5) is 0 Å². The number of carbonyl (C=O) groups excluding carboxylic acids is 1. The molecule has 4 heteroatoms. The third-order valence-electron chi connectivity index (χ3n) is 3.51. The van der Waals surface area contributed by atoms with E-state index in [0.29, 0.717) is 0 Å². The Morgan fingerprint density at radius 2 is 1.94 bits per heavy atom. The summed E-state index contributed by atoms with van der Waals surface area (Å²) in [6.45, 7) is 4.20. The lowest BCUT2D eigenvalue weighted by atomic mass is 10.1. The topological polar surface area (TPSA) is 35.5 Å². The number of hydrogen-bond acceptors (Lipinski definition) is 4. The van der Waals surface area contributed by atoms with E-state index in [1.165, 1.54) is 7.11 Å². The standard InChI is InChI=1S/C14H18O3S/c1-14(2)11(13(15)17-4)12(14)18-10-8-6-5-7-9(10)16-3/h5-8,11-12H,1-4H3/t11-,12+/m1/s1. The van der Waals surface area contributed by atoms with Crippen molar-refractivity contribution in [3.8, 4) is 5.75 Å². The molecule has 0 N–H and O–H groups in total. The molecule has 98 valence electrons. The number of thioether (sulfide) groups is 1. The van der Waals surface area contributed by atoms with Crippen molar-refractivity contribution >= 4 is 17.7 Å². The van der Waals surface area contributed by atoms with Gasteiger partial charge in [0, 0.05) is 10.1 Å². The molecule has 1 aliphatic carbocycles. The molecule has 18 heavy (non-hydrogen) atoms. The van der Waals surface area contributed by atoms with Crippen LogP contribution in [0, 0.1) is 11.3 Å². The van der Waals surface area contributed by atoms with Crippen molar-refractivity contribution in [3.05, 3.63) is 24.3 Å². The molecule has 1 saturated carbocycles. The van der Waals surface area contributed by atoms with Gasteiger partial charge in [-0.2, -0.15) is 0 Å². The van der Waals surface area contributed by atoms with Crippen molar-refractivity contribution in [3.63, 3.8) is 0 Å². The quantitative estimate of drug-likeness (QED) is 0.785. The summed E-state index contributed by atoms with van der Waals surface area (Å²) in [5.74, 6) is 0.707. The highest BCUT2D eigenvalue weighted by Gasteiger charge is 2.63. The minimum absolute atomic E-state index is 0.0153. The van der Waals surface area contributed by atoms with Crippen molar-refractivity contribution in [1.29, 1.82) is 0 Å². The molecule has 0 aliphatic heterocycles. The number of carbonyl (C=O) groups is 1. The molecular weight excluding hydrogens is 248 g/mol. The second-order valence-corrected chi connectivity index (χ2v) is 6.19. The maximum atomic E-state index is 11.7. The lowest BCUT2D eigenvalue weighted by molar-refractivity contribution is -0.142. The van der Waals surface area contributed by atoms with Gasteiger partial charge < -0.3 is 9.47 Å². The van der Waals surface area contributed by atoms with Crippen LogP contribution in [0.1, 0.15) is 13.8 Å². The zero-order valence-corrected chi connectivity index (χ0v) is 11.9. The average molecular weight is 266 g/mol. The van der Waals surface area contributed by atoms with Gasteiger partial charge in [0.15, 0.2) is 0 Å². The van der Waals surface area contributed by atoms with Crippen LogP contribution in [0.2, 0.25) is 0 Å². The summed E-state index contributed by atoms with van der Waals surface area (Å²) >= 11 is 1.69. The van der Waals surface area contributed by atoms with E-state index in [0.717, 1.165) is 10.6 Å². The number of hydrogen-bond donors (Lipinski definition) is 0. The van der Waals surface area contributed by atoms with Crippen LogP contribution in [0.5, 0.6) is 5.75 Å². The van der Waals surface area contributed by atoms with Gasteiger partial charge in [0.25, 0.3) is 0 Å². The summed E-state index contributed by atoms with van der Waals surface area (Å²) in [5.41, 5.74) is -0.0153. The summed E-state index contributed by atoms with van der Waals surface area (Å²) in [6, 6.07) is 7.88. The molecule has 0 aromatic heterocycles. The molecule has 1 aromatic carbocycles. The van der Waals surface area contributed by atoms with Crippen LogP contribution < -0.4 is 4.74 Å². The molecule has 0 bridgehead atoms. The van der Waals surface area contributed by atoms with Crippen molar-refractivity contribution in [2.75, 3.05) is 14.2 Å². The van der Waals surface area contributed by atoms with Crippen LogP contribution in [-0.4, -0.2) is 25.4 Å². The largest absolute Gasteiger partial charge is 0.496 e. The monoisotopic (exact) mass is 266 g/mol. The number of ether oxygens (including phenoxy) is 2. The minimum Gasteiger partial charge on any atom is -0.496 e. The van der Waals surface area contributed by atoms with E-state index in [2.05, 4.69) is 13.8 Å². The number of esters is 1. The Morgan fingerprint density at radius 3 is 2.56 bits per heavy atom. The number of methoxy groups -OCH3 is 2. The second kappa shape index (κ2) is 4.84. The van der Waals surface area contributed by atoms with E-state index in [1.807, 2.05) is 24.3 Å². The smallest absolute Gasteiger partial charge is 0.310 e. The number of para-hydroxylation sites is 1. The summed E-state index contributed by atoms with van der Waals surface area (Å²) in [7, 11) is 3.11. The van der Waals surface area contributed by atoms with Gasteiger partial charge in [-0.15, -0.1) is 11.8 Å². The van der Waals surface area contributed by atoms with E-state index in [4.69, 9.17) is 9.47 Å². The first-order chi connectivity index (χ1) is 8.52. The molecule has 0 saturated heterocycles. The van der Waals surface area contributed by atoms with Gasteiger partial charge in [0.1, 0.15) is 5.75 Å². The Bertz CT molecular complexity index is 456. The SMILES string of the molecule is COC(=O)[C@H]1[C@H](Sc2ccccc2OC)C1(C)C. The maximum absolute atomic E-state index is 11.7. The van der Waals surface area contributed by atoms with Crippen LogP contribution in [-0.2, 0) is 9.53 Å². The van der Waals surface area contributed by atoms with Gasteiger partial charge in [0.2, 0.25) is 0 Å². The van der Waals surface area contributed by atoms with E-state index < -0.39 is 0 Å². The van der Waals surface area contributed by atoms with Crippen molar-refractivity contribution in [1.82, 2.24) is 0 Å². The van der Waals surface area contributed by atoms with Crippen molar-refractivity contribution < 1.29 is 14.3 Å². The Hall–Kier alpha value is -1.16. The molecular formula is C14H18O3S. The van der Waals surface area contributed by atoms with Gasteiger partial charge >= 0.3 is 5.97 Å². The third kappa shape index (κ3) is 2.21. The van der Waals surface area contributed by atoms with Gasteiger partial charge in [0.05, 0.1) is 20.1 Å². The van der Waals surface area contributed by atoms with Crippen LogP contribution in [0.15, 0.2) is 29.2 Å².